The van der Waals surface area contributed by atoms with E-state index in [0.29, 0.717) is 0 Å². The van der Waals surface area contributed by atoms with E-state index < -0.39 is 0 Å². The summed E-state index contributed by atoms with van der Waals surface area (Å²) in [6, 6.07) is 7.10. The first-order valence-electron chi connectivity index (χ1n) is 5.76. The molecule has 1 aromatic carbocycles. The predicted molar refractivity (Wildman–Crippen MR) is 62.2 cm³/mol. The molecule has 2 nitrogen and oxygen atoms in total. The van der Waals surface area contributed by atoms with Gasteiger partial charge in [-0.2, -0.15) is 0 Å². The Morgan fingerprint density at radius 1 is 1.40 bits per heavy atom. The first-order valence-corrected chi connectivity index (χ1v) is 5.76. The maximum atomic E-state index is 5.68. The number of hydrogen-bond donors (Lipinski definition) is 1. The van der Waals surface area contributed by atoms with Gasteiger partial charge in [-0.15, -0.1) is 0 Å². The van der Waals surface area contributed by atoms with E-state index in [9.17, 15) is 0 Å². The van der Waals surface area contributed by atoms with Crippen LogP contribution in [0.2, 0.25) is 0 Å². The Kier molecular flexibility index (Phi) is 3.27. The highest BCUT2D eigenvalue weighted by atomic mass is 16.5. The largest absolute Gasteiger partial charge is 0.493 e. The van der Waals surface area contributed by atoms with Gasteiger partial charge < -0.3 is 10.1 Å². The van der Waals surface area contributed by atoms with E-state index in [1.54, 1.807) is 0 Å². The fourth-order valence-electron chi connectivity index (χ4n) is 1.75. The first kappa shape index (κ1) is 10.5. The minimum atomic E-state index is 0.737. The number of aryl methyl sites for hydroxylation is 1. The molecule has 1 fully saturated rings. The van der Waals surface area contributed by atoms with E-state index in [1.165, 1.54) is 24.0 Å². The van der Waals surface area contributed by atoms with Crippen LogP contribution in [0.15, 0.2) is 18.2 Å². The highest BCUT2D eigenvalue weighted by Crippen LogP contribution is 2.25. The highest BCUT2D eigenvalue weighted by molar-refractivity contribution is 5.40. The van der Waals surface area contributed by atoms with Gasteiger partial charge in [-0.05, 0) is 32.3 Å². The van der Waals surface area contributed by atoms with E-state index in [2.05, 4.69) is 30.4 Å². The molecule has 2 heteroatoms. The van der Waals surface area contributed by atoms with Crippen molar-refractivity contribution in [2.75, 3.05) is 6.61 Å². The van der Waals surface area contributed by atoms with Crippen molar-refractivity contribution >= 4 is 0 Å². The second kappa shape index (κ2) is 4.67. The molecule has 1 aliphatic carbocycles. The molecule has 0 heterocycles. The number of rotatable bonds is 5. The van der Waals surface area contributed by atoms with Gasteiger partial charge in [0.1, 0.15) is 5.75 Å². The van der Waals surface area contributed by atoms with Crippen molar-refractivity contribution in [1.82, 2.24) is 5.32 Å². The molecule has 2 rings (SSSR count). The van der Waals surface area contributed by atoms with Crippen LogP contribution in [-0.4, -0.2) is 12.6 Å². The molecule has 0 aromatic heterocycles. The molecule has 0 saturated heterocycles. The first-order chi connectivity index (χ1) is 7.31. The van der Waals surface area contributed by atoms with Crippen LogP contribution in [-0.2, 0) is 6.54 Å². The quantitative estimate of drug-likeness (QED) is 0.798. The summed E-state index contributed by atoms with van der Waals surface area (Å²) in [4.78, 5) is 0. The average Bonchev–Trinajstić information content (AvgIpc) is 3.03. The molecule has 1 N–H and O–H groups in total. The summed E-state index contributed by atoms with van der Waals surface area (Å²) in [5, 5.41) is 3.52. The topological polar surface area (TPSA) is 21.3 Å². The fraction of sp³-hybridized carbons (Fsp3) is 0.538. The molecule has 0 radical (unpaired) electrons. The highest BCUT2D eigenvalue weighted by Gasteiger charge is 2.20. The van der Waals surface area contributed by atoms with E-state index in [-0.39, 0.29) is 0 Å². The number of hydrogen-bond acceptors (Lipinski definition) is 2. The van der Waals surface area contributed by atoms with Gasteiger partial charge in [-0.1, -0.05) is 18.2 Å². The summed E-state index contributed by atoms with van der Waals surface area (Å²) in [6.45, 7) is 5.80. The van der Waals surface area contributed by atoms with E-state index in [1.807, 2.05) is 6.92 Å². The molecular formula is C13H19NO. The van der Waals surface area contributed by atoms with Crippen molar-refractivity contribution in [3.63, 3.8) is 0 Å². The van der Waals surface area contributed by atoms with Crippen molar-refractivity contribution in [3.8, 4) is 5.75 Å². The number of nitrogens with one attached hydrogen (secondary N) is 1. The van der Waals surface area contributed by atoms with Crippen LogP contribution >= 0.6 is 0 Å². The minimum absolute atomic E-state index is 0.737. The Hall–Kier alpha value is -1.02. The zero-order valence-corrected chi connectivity index (χ0v) is 9.55. The van der Waals surface area contributed by atoms with Crippen molar-refractivity contribution < 1.29 is 4.74 Å². The Balaban J connectivity index is 2.08. The Labute approximate surface area is 91.6 Å². The van der Waals surface area contributed by atoms with Gasteiger partial charge in [0.15, 0.2) is 0 Å². The van der Waals surface area contributed by atoms with Crippen molar-refractivity contribution in [3.05, 3.63) is 29.3 Å². The van der Waals surface area contributed by atoms with Crippen LogP contribution in [0, 0.1) is 6.92 Å². The molecule has 15 heavy (non-hydrogen) atoms. The summed E-state index contributed by atoms with van der Waals surface area (Å²) < 4.78 is 5.68. The molecule has 1 saturated carbocycles. The van der Waals surface area contributed by atoms with Crippen molar-refractivity contribution in [2.45, 2.75) is 39.3 Å². The Morgan fingerprint density at radius 2 is 2.20 bits per heavy atom. The van der Waals surface area contributed by atoms with Crippen LogP contribution in [0.5, 0.6) is 5.75 Å². The normalized spacial score (nSPS) is 15.3. The average molecular weight is 205 g/mol. The number of para-hydroxylation sites is 1. The fourth-order valence-corrected chi connectivity index (χ4v) is 1.75. The van der Waals surface area contributed by atoms with Crippen molar-refractivity contribution in [1.29, 1.82) is 0 Å². The summed E-state index contributed by atoms with van der Waals surface area (Å²) in [6.07, 6.45) is 2.66. The molecule has 0 aliphatic heterocycles. The SMILES string of the molecule is CCOc1c(C)cccc1CNC1CC1. The lowest BCUT2D eigenvalue weighted by Gasteiger charge is -2.13. The molecule has 0 spiro atoms. The van der Waals surface area contributed by atoms with E-state index in [4.69, 9.17) is 4.74 Å². The summed E-state index contributed by atoms with van der Waals surface area (Å²) >= 11 is 0. The molecule has 0 bridgehead atoms. The van der Waals surface area contributed by atoms with Gasteiger partial charge in [0.25, 0.3) is 0 Å². The third kappa shape index (κ3) is 2.72. The molecule has 1 aromatic rings. The standard InChI is InChI=1S/C13H19NO/c1-3-15-13-10(2)5-4-6-11(13)9-14-12-7-8-12/h4-6,12,14H,3,7-9H2,1-2H3. The molecule has 1 aliphatic rings. The monoisotopic (exact) mass is 205 g/mol. The van der Waals surface area contributed by atoms with Crippen LogP contribution in [0.1, 0.15) is 30.9 Å². The van der Waals surface area contributed by atoms with E-state index in [0.717, 1.165) is 24.9 Å². The van der Waals surface area contributed by atoms with Gasteiger partial charge in [0, 0.05) is 18.2 Å². The van der Waals surface area contributed by atoms with Gasteiger partial charge in [0.05, 0.1) is 6.61 Å². The summed E-state index contributed by atoms with van der Waals surface area (Å²) in [5.41, 5.74) is 2.51. The Bertz CT molecular complexity index is 331. The zero-order valence-electron chi connectivity index (χ0n) is 9.55. The smallest absolute Gasteiger partial charge is 0.126 e. The number of benzene rings is 1. The molecule has 0 amide bonds. The predicted octanol–water partition coefficient (Wildman–Crippen LogP) is 2.65. The van der Waals surface area contributed by atoms with Gasteiger partial charge in [-0.3, -0.25) is 0 Å². The van der Waals surface area contributed by atoms with Crippen LogP contribution in [0.3, 0.4) is 0 Å². The van der Waals surface area contributed by atoms with E-state index >= 15 is 0 Å². The second-order valence-corrected chi connectivity index (χ2v) is 4.15. The lowest BCUT2D eigenvalue weighted by molar-refractivity contribution is 0.333. The molecule has 0 atom stereocenters. The lowest BCUT2D eigenvalue weighted by Crippen LogP contribution is -2.16. The van der Waals surface area contributed by atoms with Crippen LogP contribution in [0.4, 0.5) is 0 Å². The minimum Gasteiger partial charge on any atom is -0.493 e. The molecule has 0 unspecified atom stereocenters. The van der Waals surface area contributed by atoms with Gasteiger partial charge in [-0.25, -0.2) is 0 Å². The second-order valence-electron chi connectivity index (χ2n) is 4.15. The third-order valence-corrected chi connectivity index (χ3v) is 2.74. The maximum absolute atomic E-state index is 5.68. The maximum Gasteiger partial charge on any atom is 0.126 e. The van der Waals surface area contributed by atoms with Crippen LogP contribution in [0.25, 0.3) is 0 Å². The van der Waals surface area contributed by atoms with Gasteiger partial charge in [0.2, 0.25) is 0 Å². The lowest BCUT2D eigenvalue weighted by atomic mass is 10.1. The van der Waals surface area contributed by atoms with Crippen LogP contribution < -0.4 is 10.1 Å². The number of ether oxygens (including phenoxy) is 1. The van der Waals surface area contributed by atoms with Gasteiger partial charge >= 0.3 is 0 Å². The van der Waals surface area contributed by atoms with Crippen molar-refractivity contribution in [2.24, 2.45) is 0 Å². The molecule has 82 valence electrons. The Morgan fingerprint density at radius 3 is 2.87 bits per heavy atom. The summed E-state index contributed by atoms with van der Waals surface area (Å²) in [5.74, 6) is 1.06. The third-order valence-electron chi connectivity index (χ3n) is 2.74. The molecular weight excluding hydrogens is 186 g/mol. The zero-order chi connectivity index (χ0) is 10.7. The summed E-state index contributed by atoms with van der Waals surface area (Å²) in [7, 11) is 0.